The smallest absolute Gasteiger partial charge is 0.352 e. The number of nitrogens with one attached hydrogen (secondary N) is 1. The SMILES string of the molecule is Cc1ccc(S(=O)(=O)N(CC(=O)N(Cc2ccc(Cl)cc2)[C@@H](C)C(=O)NC2CCCCC2)c2ccc(Cl)c(C(F)(F)F)c2)cc1. The van der Waals surface area contributed by atoms with Crippen molar-refractivity contribution < 1.29 is 31.2 Å². The molecule has 0 bridgehead atoms. The second kappa shape index (κ2) is 14.4. The quantitative estimate of drug-likeness (QED) is 0.242. The molecule has 1 saturated carbocycles. The van der Waals surface area contributed by atoms with Gasteiger partial charge in [-0.2, -0.15) is 13.2 Å². The summed E-state index contributed by atoms with van der Waals surface area (Å²) in [4.78, 5) is 28.5. The molecule has 0 aliphatic heterocycles. The lowest BCUT2D eigenvalue weighted by atomic mass is 9.95. The molecule has 1 N–H and O–H groups in total. The summed E-state index contributed by atoms with van der Waals surface area (Å²) in [6.07, 6.45) is -0.244. The topological polar surface area (TPSA) is 86.8 Å². The highest BCUT2D eigenvalue weighted by Gasteiger charge is 2.37. The largest absolute Gasteiger partial charge is 0.417 e. The van der Waals surface area contributed by atoms with Crippen LogP contribution in [0.25, 0.3) is 0 Å². The minimum Gasteiger partial charge on any atom is -0.352 e. The van der Waals surface area contributed by atoms with E-state index in [-0.39, 0.29) is 17.5 Å². The van der Waals surface area contributed by atoms with Crippen LogP contribution in [-0.2, 0) is 32.3 Å². The van der Waals surface area contributed by atoms with Gasteiger partial charge in [0.25, 0.3) is 10.0 Å². The first-order valence-corrected chi connectivity index (χ1v) is 16.7. The third-order valence-electron chi connectivity index (χ3n) is 7.82. The molecule has 0 aromatic heterocycles. The van der Waals surface area contributed by atoms with Gasteiger partial charge in [-0.3, -0.25) is 13.9 Å². The Kier molecular flexibility index (Phi) is 11.1. The number of nitrogens with zero attached hydrogens (tertiary/aromatic N) is 2. The maximum absolute atomic E-state index is 14.1. The van der Waals surface area contributed by atoms with Gasteiger partial charge in [0.05, 0.1) is 21.2 Å². The number of sulfonamides is 1. The maximum atomic E-state index is 14.1. The lowest BCUT2D eigenvalue weighted by Gasteiger charge is -2.33. The van der Waals surface area contributed by atoms with Crippen LogP contribution in [0.2, 0.25) is 10.0 Å². The number of anilines is 1. The minimum atomic E-state index is -4.89. The Balaban J connectivity index is 1.74. The number of alkyl halides is 3. The first-order valence-electron chi connectivity index (χ1n) is 14.5. The summed E-state index contributed by atoms with van der Waals surface area (Å²) in [5.41, 5.74) is -0.291. The van der Waals surface area contributed by atoms with Crippen molar-refractivity contribution in [1.29, 1.82) is 0 Å². The molecular formula is C32H34Cl2F3N3O4S. The van der Waals surface area contributed by atoms with Gasteiger partial charge in [-0.15, -0.1) is 0 Å². The molecular weight excluding hydrogens is 650 g/mol. The average Bonchev–Trinajstić information content (AvgIpc) is 2.99. The van der Waals surface area contributed by atoms with Crippen molar-refractivity contribution in [1.82, 2.24) is 10.2 Å². The molecule has 1 fully saturated rings. The fourth-order valence-corrected chi connectivity index (χ4v) is 6.95. The number of aryl methyl sites for hydroxylation is 1. The first kappa shape index (κ1) is 34.6. The molecule has 0 saturated heterocycles. The molecule has 0 unspecified atom stereocenters. The van der Waals surface area contributed by atoms with Crippen molar-refractivity contribution in [2.45, 2.75) is 75.7 Å². The molecule has 0 spiro atoms. The van der Waals surface area contributed by atoms with Gasteiger partial charge >= 0.3 is 6.18 Å². The van der Waals surface area contributed by atoms with Crippen LogP contribution in [0.15, 0.2) is 71.6 Å². The molecule has 2 amide bonds. The molecule has 1 atom stereocenters. The van der Waals surface area contributed by atoms with E-state index in [0.717, 1.165) is 49.8 Å². The number of amides is 2. The number of carbonyl (C=O) groups excluding carboxylic acids is 2. The van der Waals surface area contributed by atoms with E-state index in [1.807, 2.05) is 0 Å². The van der Waals surface area contributed by atoms with Crippen LogP contribution in [0.1, 0.15) is 55.7 Å². The normalized spacial score (nSPS) is 14.9. The number of rotatable bonds is 10. The van der Waals surface area contributed by atoms with Gasteiger partial charge in [0.1, 0.15) is 12.6 Å². The van der Waals surface area contributed by atoms with E-state index in [4.69, 9.17) is 23.2 Å². The summed E-state index contributed by atoms with van der Waals surface area (Å²) in [5.74, 6) is -1.21. The Bertz CT molecular complexity index is 1610. The summed E-state index contributed by atoms with van der Waals surface area (Å²) in [7, 11) is -4.56. The lowest BCUT2D eigenvalue weighted by molar-refractivity contribution is -0.139. The Labute approximate surface area is 271 Å². The molecule has 0 heterocycles. The second-order valence-corrected chi connectivity index (χ2v) is 13.9. The van der Waals surface area contributed by atoms with E-state index in [1.54, 1.807) is 43.3 Å². The van der Waals surface area contributed by atoms with Gasteiger partial charge < -0.3 is 10.2 Å². The average molecular weight is 685 g/mol. The van der Waals surface area contributed by atoms with Crippen LogP contribution in [0.4, 0.5) is 18.9 Å². The van der Waals surface area contributed by atoms with Crippen molar-refractivity contribution >= 4 is 50.7 Å². The Hall–Kier alpha value is -3.28. The highest BCUT2D eigenvalue weighted by atomic mass is 35.5. The monoisotopic (exact) mass is 683 g/mol. The number of carbonyl (C=O) groups is 2. The zero-order valence-corrected chi connectivity index (χ0v) is 27.1. The number of hydrogen-bond donors (Lipinski definition) is 1. The first-order chi connectivity index (χ1) is 21.2. The Morgan fingerprint density at radius 3 is 2.18 bits per heavy atom. The predicted octanol–water partition coefficient (Wildman–Crippen LogP) is 7.38. The van der Waals surface area contributed by atoms with Crippen LogP contribution in [0, 0.1) is 6.92 Å². The van der Waals surface area contributed by atoms with Gasteiger partial charge in [-0.05, 0) is 74.7 Å². The summed E-state index contributed by atoms with van der Waals surface area (Å²) in [6.45, 7) is 2.32. The lowest BCUT2D eigenvalue weighted by Crippen LogP contribution is -2.53. The van der Waals surface area contributed by atoms with Crippen LogP contribution in [0.3, 0.4) is 0 Å². The number of halogens is 5. The van der Waals surface area contributed by atoms with E-state index in [9.17, 15) is 31.2 Å². The summed E-state index contributed by atoms with van der Waals surface area (Å²) in [5, 5.41) is 2.83. The molecule has 1 aliphatic carbocycles. The van der Waals surface area contributed by atoms with Crippen LogP contribution < -0.4 is 9.62 Å². The molecule has 3 aromatic carbocycles. The van der Waals surface area contributed by atoms with Crippen LogP contribution >= 0.6 is 23.2 Å². The fourth-order valence-electron chi connectivity index (χ4n) is 5.19. The van der Waals surface area contributed by atoms with E-state index < -0.39 is 56.9 Å². The Morgan fingerprint density at radius 2 is 1.58 bits per heavy atom. The van der Waals surface area contributed by atoms with Crippen molar-refractivity contribution in [3.05, 3.63) is 93.5 Å². The van der Waals surface area contributed by atoms with Gasteiger partial charge in [-0.1, -0.05) is 72.3 Å². The zero-order valence-electron chi connectivity index (χ0n) is 24.8. The van der Waals surface area contributed by atoms with Gasteiger partial charge in [-0.25, -0.2) is 8.42 Å². The predicted molar refractivity (Wildman–Crippen MR) is 169 cm³/mol. The molecule has 1 aliphatic rings. The minimum absolute atomic E-state index is 0.0468. The van der Waals surface area contributed by atoms with Gasteiger partial charge in [0.15, 0.2) is 0 Å². The number of benzene rings is 3. The molecule has 7 nitrogen and oxygen atoms in total. The van der Waals surface area contributed by atoms with Crippen molar-refractivity contribution in [2.24, 2.45) is 0 Å². The van der Waals surface area contributed by atoms with Gasteiger partial charge in [0.2, 0.25) is 11.8 Å². The molecule has 3 aromatic rings. The summed E-state index contributed by atoms with van der Waals surface area (Å²) < 4.78 is 70.0. The van der Waals surface area contributed by atoms with Crippen molar-refractivity contribution in [3.8, 4) is 0 Å². The van der Waals surface area contributed by atoms with Crippen LogP contribution in [0.5, 0.6) is 0 Å². The van der Waals surface area contributed by atoms with Crippen LogP contribution in [-0.4, -0.2) is 43.8 Å². The highest BCUT2D eigenvalue weighted by Crippen LogP contribution is 2.38. The van der Waals surface area contributed by atoms with Crippen molar-refractivity contribution in [3.63, 3.8) is 0 Å². The number of hydrogen-bond acceptors (Lipinski definition) is 4. The zero-order chi connectivity index (χ0) is 32.9. The third-order valence-corrected chi connectivity index (χ3v) is 10.2. The van der Waals surface area contributed by atoms with E-state index >= 15 is 0 Å². The summed E-state index contributed by atoms with van der Waals surface area (Å²) >= 11 is 11.9. The van der Waals surface area contributed by atoms with E-state index in [1.165, 1.54) is 24.0 Å². The highest BCUT2D eigenvalue weighted by molar-refractivity contribution is 7.92. The molecule has 242 valence electrons. The van der Waals surface area contributed by atoms with Crippen molar-refractivity contribution in [2.75, 3.05) is 10.8 Å². The third kappa shape index (κ3) is 8.71. The maximum Gasteiger partial charge on any atom is 0.417 e. The molecule has 45 heavy (non-hydrogen) atoms. The standard InChI is InChI=1S/C32H34Cl2F3N3O4S/c1-21-8-15-27(16-9-21)45(43,44)40(26-14-17-29(34)28(18-26)32(35,36)37)20-30(41)39(19-23-10-12-24(33)13-11-23)22(2)31(42)38-25-6-4-3-5-7-25/h8-18,22,25H,3-7,19-20H2,1-2H3,(H,38,42)/t22-/m0/s1. The van der Waals surface area contributed by atoms with E-state index in [0.29, 0.717) is 21.0 Å². The second-order valence-electron chi connectivity index (χ2n) is 11.2. The molecule has 4 rings (SSSR count). The van der Waals surface area contributed by atoms with Gasteiger partial charge in [0, 0.05) is 17.6 Å². The molecule has 0 radical (unpaired) electrons. The Morgan fingerprint density at radius 1 is 0.956 bits per heavy atom. The van der Waals surface area contributed by atoms with E-state index in [2.05, 4.69) is 5.32 Å². The molecule has 13 heteroatoms. The summed E-state index contributed by atoms with van der Waals surface area (Å²) in [6, 6.07) is 13.9. The fraction of sp³-hybridized carbons (Fsp3) is 0.375.